The second-order valence-corrected chi connectivity index (χ2v) is 6.95. The molecular formula is C14H22N4O2S2. The van der Waals surface area contributed by atoms with Crippen LogP contribution in [0.1, 0.15) is 32.3 Å². The molecular weight excluding hydrogens is 320 g/mol. The van der Waals surface area contributed by atoms with E-state index in [1.54, 1.807) is 12.1 Å². The second-order valence-electron chi connectivity index (χ2n) is 4.65. The van der Waals surface area contributed by atoms with Crippen LogP contribution in [-0.4, -0.2) is 32.8 Å². The summed E-state index contributed by atoms with van der Waals surface area (Å²) in [6.45, 7) is 4.75. The maximum absolute atomic E-state index is 11.6. The average molecular weight is 342 g/mol. The Kier molecular flexibility index (Phi) is 7.43. The van der Waals surface area contributed by atoms with E-state index < -0.39 is 10.0 Å². The summed E-state index contributed by atoms with van der Waals surface area (Å²) in [6, 6.07) is 6.49. The molecule has 0 unspecified atom stereocenters. The first-order valence-corrected chi connectivity index (χ1v) is 8.92. The highest BCUT2D eigenvalue weighted by Crippen LogP contribution is 2.10. The zero-order valence-electron chi connectivity index (χ0n) is 13.0. The van der Waals surface area contributed by atoms with Crippen LogP contribution < -0.4 is 15.5 Å². The van der Waals surface area contributed by atoms with Crippen molar-refractivity contribution in [2.45, 2.75) is 31.6 Å². The first kappa shape index (κ1) is 18.5. The summed E-state index contributed by atoms with van der Waals surface area (Å²) in [7, 11) is -2.03. The van der Waals surface area contributed by atoms with Crippen molar-refractivity contribution in [1.29, 1.82) is 0 Å². The van der Waals surface area contributed by atoms with Crippen LogP contribution in [0.25, 0.3) is 0 Å². The summed E-state index contributed by atoms with van der Waals surface area (Å²) in [5.41, 5.74) is 4.31. The molecule has 122 valence electrons. The molecule has 22 heavy (non-hydrogen) atoms. The Morgan fingerprint density at radius 2 is 1.91 bits per heavy atom. The Hall–Kier alpha value is -1.51. The lowest BCUT2D eigenvalue weighted by atomic mass is 10.1. The molecule has 0 saturated heterocycles. The molecule has 0 heterocycles. The minimum atomic E-state index is -3.42. The fourth-order valence-electron chi connectivity index (χ4n) is 1.61. The molecule has 0 aliphatic rings. The van der Waals surface area contributed by atoms with Crippen molar-refractivity contribution >= 4 is 33.1 Å². The van der Waals surface area contributed by atoms with E-state index in [9.17, 15) is 8.42 Å². The number of thiocarbonyl (C=S) groups is 1. The monoisotopic (exact) mass is 342 g/mol. The Morgan fingerprint density at radius 1 is 1.27 bits per heavy atom. The molecule has 8 heteroatoms. The van der Waals surface area contributed by atoms with E-state index in [2.05, 4.69) is 27.5 Å². The van der Waals surface area contributed by atoms with Gasteiger partial charge in [0.1, 0.15) is 0 Å². The largest absolute Gasteiger partial charge is 0.361 e. The van der Waals surface area contributed by atoms with Gasteiger partial charge in [-0.1, -0.05) is 25.5 Å². The van der Waals surface area contributed by atoms with Crippen molar-refractivity contribution in [2.75, 3.05) is 13.6 Å². The van der Waals surface area contributed by atoms with Crippen LogP contribution in [0.15, 0.2) is 34.3 Å². The number of nitrogens with zero attached hydrogens (tertiary/aromatic N) is 1. The van der Waals surface area contributed by atoms with Crippen molar-refractivity contribution in [3.05, 3.63) is 29.8 Å². The third-order valence-corrected chi connectivity index (χ3v) is 4.66. The van der Waals surface area contributed by atoms with Crippen LogP contribution in [0.4, 0.5) is 0 Å². The van der Waals surface area contributed by atoms with Gasteiger partial charge in [0.2, 0.25) is 10.0 Å². The minimum absolute atomic E-state index is 0.219. The summed E-state index contributed by atoms with van der Waals surface area (Å²) in [5, 5.41) is 7.71. The average Bonchev–Trinajstić information content (AvgIpc) is 2.53. The van der Waals surface area contributed by atoms with Gasteiger partial charge >= 0.3 is 0 Å². The zero-order valence-corrected chi connectivity index (χ0v) is 14.6. The van der Waals surface area contributed by atoms with E-state index in [4.69, 9.17) is 12.2 Å². The predicted molar refractivity (Wildman–Crippen MR) is 93.5 cm³/mol. The van der Waals surface area contributed by atoms with Gasteiger partial charge in [0, 0.05) is 6.54 Å². The van der Waals surface area contributed by atoms with E-state index in [1.807, 2.05) is 6.92 Å². The number of benzene rings is 1. The van der Waals surface area contributed by atoms with Crippen LogP contribution in [0.2, 0.25) is 0 Å². The van der Waals surface area contributed by atoms with E-state index in [0.29, 0.717) is 10.8 Å². The standard InChI is InChI=1S/C14H22N4O2S2/c1-4-5-10-16-14(21)18-17-11(2)12-6-8-13(9-7-12)22(19,20)15-3/h6-9,15H,4-5,10H2,1-3H3,(H2,16,18,21)/b17-11-. The molecule has 0 aliphatic carbocycles. The van der Waals surface area contributed by atoms with Crippen LogP contribution in [-0.2, 0) is 10.0 Å². The van der Waals surface area contributed by atoms with E-state index in [0.717, 1.165) is 24.9 Å². The molecule has 0 radical (unpaired) electrons. The normalized spacial score (nSPS) is 12.0. The van der Waals surface area contributed by atoms with Crippen LogP contribution in [0.5, 0.6) is 0 Å². The lowest BCUT2D eigenvalue weighted by Crippen LogP contribution is -2.33. The molecule has 0 bridgehead atoms. The molecule has 0 aliphatic heterocycles. The molecule has 1 aromatic carbocycles. The molecule has 0 fully saturated rings. The van der Waals surface area contributed by atoms with Crippen molar-refractivity contribution < 1.29 is 8.42 Å². The third-order valence-electron chi connectivity index (χ3n) is 2.99. The number of hydrogen-bond donors (Lipinski definition) is 3. The number of hydrogen-bond acceptors (Lipinski definition) is 4. The lowest BCUT2D eigenvalue weighted by Gasteiger charge is -2.08. The summed E-state index contributed by atoms with van der Waals surface area (Å²) in [4.78, 5) is 0.219. The fraction of sp³-hybridized carbons (Fsp3) is 0.429. The van der Waals surface area contributed by atoms with E-state index in [-0.39, 0.29) is 4.90 Å². The maximum atomic E-state index is 11.6. The van der Waals surface area contributed by atoms with Gasteiger partial charge in [-0.05, 0) is 50.3 Å². The van der Waals surface area contributed by atoms with Gasteiger partial charge in [-0.25, -0.2) is 13.1 Å². The lowest BCUT2D eigenvalue weighted by molar-refractivity contribution is 0.588. The molecule has 0 spiro atoms. The highest BCUT2D eigenvalue weighted by molar-refractivity contribution is 7.89. The molecule has 0 aromatic heterocycles. The Bertz CT molecular complexity index is 625. The first-order valence-electron chi connectivity index (χ1n) is 7.02. The van der Waals surface area contributed by atoms with Gasteiger partial charge in [0.25, 0.3) is 0 Å². The quantitative estimate of drug-likeness (QED) is 0.303. The molecule has 3 N–H and O–H groups in total. The Balaban J connectivity index is 2.67. The van der Waals surface area contributed by atoms with Gasteiger partial charge in [0.15, 0.2) is 5.11 Å². The summed E-state index contributed by atoms with van der Waals surface area (Å²) < 4.78 is 25.6. The van der Waals surface area contributed by atoms with Crippen molar-refractivity contribution in [3.63, 3.8) is 0 Å². The molecule has 0 saturated carbocycles. The summed E-state index contributed by atoms with van der Waals surface area (Å²) in [5.74, 6) is 0. The second kappa shape index (κ2) is 8.82. The fourth-order valence-corrected chi connectivity index (χ4v) is 2.49. The SMILES string of the molecule is CCCCNC(=S)N/N=C(/C)c1ccc(S(=O)(=O)NC)cc1. The third kappa shape index (κ3) is 5.70. The number of unbranched alkanes of at least 4 members (excludes halogenated alkanes) is 1. The van der Waals surface area contributed by atoms with Gasteiger partial charge in [-0.3, -0.25) is 5.43 Å². The predicted octanol–water partition coefficient (Wildman–Crippen LogP) is 1.58. The van der Waals surface area contributed by atoms with Crippen molar-refractivity contribution in [2.24, 2.45) is 5.10 Å². The smallest absolute Gasteiger partial charge is 0.240 e. The van der Waals surface area contributed by atoms with Gasteiger partial charge in [0.05, 0.1) is 10.6 Å². The Labute approximate surface area is 137 Å². The maximum Gasteiger partial charge on any atom is 0.240 e. The van der Waals surface area contributed by atoms with E-state index >= 15 is 0 Å². The molecule has 0 atom stereocenters. The Morgan fingerprint density at radius 3 is 2.45 bits per heavy atom. The molecule has 1 rings (SSSR count). The molecule has 1 aromatic rings. The number of sulfonamides is 1. The first-order chi connectivity index (χ1) is 10.4. The van der Waals surface area contributed by atoms with Crippen LogP contribution in [0.3, 0.4) is 0 Å². The van der Waals surface area contributed by atoms with Gasteiger partial charge in [-0.15, -0.1) is 0 Å². The van der Waals surface area contributed by atoms with Crippen molar-refractivity contribution in [3.8, 4) is 0 Å². The van der Waals surface area contributed by atoms with E-state index in [1.165, 1.54) is 19.2 Å². The minimum Gasteiger partial charge on any atom is -0.361 e. The molecule has 0 amide bonds. The summed E-state index contributed by atoms with van der Waals surface area (Å²) in [6.07, 6.45) is 2.14. The number of hydrazone groups is 1. The topological polar surface area (TPSA) is 82.6 Å². The summed E-state index contributed by atoms with van der Waals surface area (Å²) >= 11 is 5.10. The highest BCUT2D eigenvalue weighted by Gasteiger charge is 2.10. The van der Waals surface area contributed by atoms with Crippen LogP contribution >= 0.6 is 12.2 Å². The van der Waals surface area contributed by atoms with Crippen molar-refractivity contribution in [1.82, 2.24) is 15.5 Å². The number of nitrogens with one attached hydrogen (secondary N) is 3. The zero-order chi connectivity index (χ0) is 16.6. The van der Waals surface area contributed by atoms with Gasteiger partial charge in [-0.2, -0.15) is 5.10 Å². The van der Waals surface area contributed by atoms with Gasteiger partial charge < -0.3 is 5.32 Å². The van der Waals surface area contributed by atoms with Crippen LogP contribution in [0, 0.1) is 0 Å². The molecule has 6 nitrogen and oxygen atoms in total. The number of rotatable bonds is 7. The highest BCUT2D eigenvalue weighted by atomic mass is 32.2.